The van der Waals surface area contributed by atoms with Gasteiger partial charge in [0.15, 0.2) is 0 Å². The molecule has 1 saturated heterocycles. The number of pyridine rings is 1. The van der Waals surface area contributed by atoms with Gasteiger partial charge in [0, 0.05) is 36.4 Å². The van der Waals surface area contributed by atoms with Gasteiger partial charge in [-0.05, 0) is 55.5 Å². The van der Waals surface area contributed by atoms with Crippen molar-refractivity contribution in [3.05, 3.63) is 52.5 Å². The second-order valence-electron chi connectivity index (χ2n) is 7.83. The number of nitrogens with two attached hydrogens (primary N) is 1. The van der Waals surface area contributed by atoms with E-state index in [9.17, 15) is 4.79 Å². The second-order valence-corrected chi connectivity index (χ2v) is 8.83. The van der Waals surface area contributed by atoms with Crippen molar-refractivity contribution in [3.63, 3.8) is 0 Å². The Kier molecular flexibility index (Phi) is 5.72. The molecule has 1 aliphatic heterocycles. The number of nitrogen functional groups attached to an aromatic ring is 1. The minimum atomic E-state index is -0.123. The zero-order chi connectivity index (χ0) is 20.4. The average Bonchev–Trinajstić information content (AvgIpc) is 3.33. The van der Waals surface area contributed by atoms with Gasteiger partial charge in [-0.3, -0.25) is 4.79 Å². The molecule has 0 saturated carbocycles. The summed E-state index contributed by atoms with van der Waals surface area (Å²) < 4.78 is 0. The SMILES string of the molecule is CC[C@@H]1CCN(c2ccc(CCNC(=O)c3sc4nc(C)ccc4c3N)cc2)C1. The van der Waals surface area contributed by atoms with Crippen LogP contribution < -0.4 is 16.0 Å². The number of amides is 1. The van der Waals surface area contributed by atoms with Crippen molar-refractivity contribution in [2.75, 3.05) is 30.3 Å². The molecule has 1 aromatic carbocycles. The number of rotatable bonds is 6. The van der Waals surface area contributed by atoms with Crippen molar-refractivity contribution in [2.45, 2.75) is 33.1 Å². The topological polar surface area (TPSA) is 71.2 Å². The largest absolute Gasteiger partial charge is 0.397 e. The number of carbonyl (C=O) groups excluding carboxylic acids is 1. The van der Waals surface area contributed by atoms with Crippen molar-refractivity contribution in [3.8, 4) is 0 Å². The summed E-state index contributed by atoms with van der Waals surface area (Å²) in [4.78, 5) is 20.9. The number of benzene rings is 1. The van der Waals surface area contributed by atoms with E-state index in [1.165, 1.54) is 35.4 Å². The summed E-state index contributed by atoms with van der Waals surface area (Å²) in [6.45, 7) is 7.11. The third-order valence-corrected chi connectivity index (χ3v) is 6.92. The van der Waals surface area contributed by atoms with Gasteiger partial charge < -0.3 is 16.0 Å². The Bertz CT molecular complexity index is 1010. The van der Waals surface area contributed by atoms with Crippen LogP contribution in [0.15, 0.2) is 36.4 Å². The molecule has 2 aromatic heterocycles. The Morgan fingerprint density at radius 1 is 1.28 bits per heavy atom. The lowest BCUT2D eigenvalue weighted by Gasteiger charge is -2.19. The lowest BCUT2D eigenvalue weighted by molar-refractivity contribution is 0.0959. The van der Waals surface area contributed by atoms with Gasteiger partial charge in [-0.1, -0.05) is 25.5 Å². The Morgan fingerprint density at radius 3 is 2.79 bits per heavy atom. The first-order valence-electron chi connectivity index (χ1n) is 10.3. The lowest BCUT2D eigenvalue weighted by Crippen LogP contribution is -2.25. The average molecular weight is 409 g/mol. The Hall–Kier alpha value is -2.60. The molecule has 0 radical (unpaired) electrons. The number of nitrogens with zero attached hydrogens (tertiary/aromatic N) is 2. The zero-order valence-corrected chi connectivity index (χ0v) is 17.9. The Labute approximate surface area is 175 Å². The molecule has 1 fully saturated rings. The molecule has 0 unspecified atom stereocenters. The van der Waals surface area contributed by atoms with E-state index in [1.54, 1.807) is 0 Å². The fraction of sp³-hybridized carbons (Fsp3) is 0.391. The van der Waals surface area contributed by atoms with Gasteiger partial charge in [0.25, 0.3) is 5.91 Å². The van der Waals surface area contributed by atoms with Gasteiger partial charge in [-0.25, -0.2) is 4.98 Å². The van der Waals surface area contributed by atoms with Gasteiger partial charge in [0.2, 0.25) is 0 Å². The van der Waals surface area contributed by atoms with E-state index in [2.05, 4.69) is 46.4 Å². The third-order valence-electron chi connectivity index (χ3n) is 5.80. The molecular formula is C23H28N4OS. The number of aromatic nitrogens is 1. The highest BCUT2D eigenvalue weighted by molar-refractivity contribution is 7.21. The highest BCUT2D eigenvalue weighted by Crippen LogP contribution is 2.32. The first kappa shape index (κ1) is 19.7. The predicted molar refractivity (Wildman–Crippen MR) is 122 cm³/mol. The van der Waals surface area contributed by atoms with Gasteiger partial charge in [-0.2, -0.15) is 0 Å². The molecule has 0 spiro atoms. The van der Waals surface area contributed by atoms with Crippen LogP contribution in [0.1, 0.15) is 40.7 Å². The Balaban J connectivity index is 1.33. The minimum Gasteiger partial charge on any atom is -0.397 e. The van der Waals surface area contributed by atoms with Crippen LogP contribution in [0.25, 0.3) is 10.2 Å². The molecular weight excluding hydrogens is 380 g/mol. The summed E-state index contributed by atoms with van der Waals surface area (Å²) in [6.07, 6.45) is 3.35. The van der Waals surface area contributed by atoms with Crippen molar-refractivity contribution < 1.29 is 4.79 Å². The van der Waals surface area contributed by atoms with E-state index >= 15 is 0 Å². The summed E-state index contributed by atoms with van der Waals surface area (Å²) in [5.41, 5.74) is 10.1. The van der Waals surface area contributed by atoms with Crippen molar-refractivity contribution >= 4 is 38.8 Å². The maximum absolute atomic E-state index is 12.6. The van der Waals surface area contributed by atoms with Crippen LogP contribution in [-0.2, 0) is 6.42 Å². The van der Waals surface area contributed by atoms with Crippen LogP contribution in [0.3, 0.4) is 0 Å². The molecule has 1 aliphatic rings. The van der Waals surface area contributed by atoms with E-state index in [0.717, 1.165) is 41.3 Å². The number of fused-ring (bicyclic) bond motifs is 1. The van der Waals surface area contributed by atoms with Gasteiger partial charge in [0.1, 0.15) is 9.71 Å². The molecule has 0 aliphatic carbocycles. The molecule has 3 heterocycles. The van der Waals surface area contributed by atoms with Crippen LogP contribution >= 0.6 is 11.3 Å². The van der Waals surface area contributed by atoms with Crippen LogP contribution in [0.5, 0.6) is 0 Å². The van der Waals surface area contributed by atoms with Crippen LogP contribution in [0, 0.1) is 12.8 Å². The number of anilines is 2. The highest BCUT2D eigenvalue weighted by Gasteiger charge is 2.21. The fourth-order valence-corrected chi connectivity index (χ4v) is 4.99. The summed E-state index contributed by atoms with van der Waals surface area (Å²) in [5.74, 6) is 0.702. The van der Waals surface area contributed by atoms with Crippen LogP contribution in [0.4, 0.5) is 11.4 Å². The molecule has 5 nitrogen and oxygen atoms in total. The molecule has 29 heavy (non-hydrogen) atoms. The molecule has 152 valence electrons. The molecule has 0 bridgehead atoms. The van der Waals surface area contributed by atoms with E-state index in [0.29, 0.717) is 17.1 Å². The number of hydrogen-bond donors (Lipinski definition) is 2. The quantitative estimate of drug-likeness (QED) is 0.634. The van der Waals surface area contributed by atoms with E-state index < -0.39 is 0 Å². The normalized spacial score (nSPS) is 16.5. The molecule has 4 rings (SSSR count). The summed E-state index contributed by atoms with van der Waals surface area (Å²) in [7, 11) is 0. The van der Waals surface area contributed by atoms with E-state index in [-0.39, 0.29) is 5.91 Å². The number of aryl methyl sites for hydroxylation is 1. The summed E-state index contributed by atoms with van der Waals surface area (Å²) in [6, 6.07) is 12.6. The monoisotopic (exact) mass is 408 g/mol. The predicted octanol–water partition coefficient (Wildman–Crippen LogP) is 4.40. The molecule has 1 amide bonds. The first-order chi connectivity index (χ1) is 14.0. The van der Waals surface area contributed by atoms with Crippen molar-refractivity contribution in [1.82, 2.24) is 10.3 Å². The third kappa shape index (κ3) is 4.22. The zero-order valence-electron chi connectivity index (χ0n) is 17.1. The lowest BCUT2D eigenvalue weighted by atomic mass is 10.1. The number of thiophene rings is 1. The molecule has 3 N–H and O–H groups in total. The second kappa shape index (κ2) is 8.41. The number of hydrogen-bond acceptors (Lipinski definition) is 5. The maximum atomic E-state index is 12.6. The van der Waals surface area contributed by atoms with Crippen LogP contribution in [-0.4, -0.2) is 30.5 Å². The molecule has 6 heteroatoms. The number of carbonyl (C=O) groups is 1. The Morgan fingerprint density at radius 2 is 2.07 bits per heavy atom. The molecule has 1 atom stereocenters. The fourth-order valence-electron chi connectivity index (χ4n) is 3.93. The first-order valence-corrected chi connectivity index (χ1v) is 11.1. The van der Waals surface area contributed by atoms with Gasteiger partial charge in [-0.15, -0.1) is 11.3 Å². The van der Waals surface area contributed by atoms with Crippen molar-refractivity contribution in [1.29, 1.82) is 0 Å². The van der Waals surface area contributed by atoms with Gasteiger partial charge in [0.05, 0.1) is 5.69 Å². The van der Waals surface area contributed by atoms with E-state index in [1.807, 2.05) is 19.1 Å². The summed E-state index contributed by atoms with van der Waals surface area (Å²) >= 11 is 1.36. The summed E-state index contributed by atoms with van der Waals surface area (Å²) in [5, 5.41) is 3.86. The van der Waals surface area contributed by atoms with Gasteiger partial charge >= 0.3 is 0 Å². The van der Waals surface area contributed by atoms with E-state index in [4.69, 9.17) is 5.73 Å². The molecule has 3 aromatic rings. The standard InChI is InChI=1S/C23H28N4OS/c1-3-16-11-13-27(14-16)18-7-5-17(6-8-18)10-12-25-22(28)21-20(24)19-9-4-15(2)26-23(19)29-21/h4-9,16H,3,10-14,24H2,1-2H3,(H,25,28)/t16-/m1/s1. The maximum Gasteiger partial charge on any atom is 0.263 e. The smallest absolute Gasteiger partial charge is 0.263 e. The van der Waals surface area contributed by atoms with Crippen LogP contribution in [0.2, 0.25) is 0 Å². The van der Waals surface area contributed by atoms with Crippen molar-refractivity contribution in [2.24, 2.45) is 5.92 Å². The minimum absolute atomic E-state index is 0.123. The number of nitrogens with one attached hydrogen (secondary N) is 1. The highest BCUT2D eigenvalue weighted by atomic mass is 32.1.